The number of fused-ring (bicyclic) bond motifs is 2. The normalized spacial score (nSPS) is 12.7. The zero-order valence-corrected chi connectivity index (χ0v) is 17.0. The van der Waals surface area contributed by atoms with Gasteiger partial charge in [0, 0.05) is 17.0 Å². The molecule has 0 spiro atoms. The van der Waals surface area contributed by atoms with Crippen LogP contribution >= 0.6 is 0 Å². The monoisotopic (exact) mass is 416 g/mol. The third-order valence-corrected chi connectivity index (χ3v) is 5.52. The maximum absolute atomic E-state index is 12.8. The summed E-state index contributed by atoms with van der Waals surface area (Å²) in [6, 6.07) is 14.7. The van der Waals surface area contributed by atoms with Crippen molar-refractivity contribution < 1.29 is 18.7 Å². The second-order valence-electron chi connectivity index (χ2n) is 7.46. The van der Waals surface area contributed by atoms with Crippen LogP contribution in [0, 0.1) is 0 Å². The molecular weight excluding hydrogens is 396 g/mol. The Hall–Kier alpha value is -3.87. The highest BCUT2D eigenvalue weighted by Crippen LogP contribution is 2.29. The fourth-order valence-electron chi connectivity index (χ4n) is 3.99. The number of hydrogen-bond donors (Lipinski definition) is 0. The molecule has 31 heavy (non-hydrogen) atoms. The fraction of sp³-hybridized carbons (Fsp3) is 0.208. The molecule has 0 amide bonds. The van der Waals surface area contributed by atoms with E-state index < -0.39 is 11.6 Å². The summed E-state index contributed by atoms with van der Waals surface area (Å²) in [6.07, 6.45) is 4.70. The maximum atomic E-state index is 12.8. The number of para-hydroxylation sites is 1. The predicted molar refractivity (Wildman–Crippen MR) is 114 cm³/mol. The highest BCUT2D eigenvalue weighted by atomic mass is 16.5. The summed E-state index contributed by atoms with van der Waals surface area (Å²) in [5, 5.41) is 5.11. The van der Waals surface area contributed by atoms with E-state index in [1.807, 2.05) is 42.5 Å². The van der Waals surface area contributed by atoms with Crippen LogP contribution in [0.25, 0.3) is 16.7 Å². The van der Waals surface area contributed by atoms with Gasteiger partial charge in [0.25, 0.3) is 0 Å². The number of esters is 1. The van der Waals surface area contributed by atoms with Crippen LogP contribution in [0.5, 0.6) is 5.75 Å². The van der Waals surface area contributed by atoms with Crippen LogP contribution in [-0.4, -0.2) is 22.9 Å². The van der Waals surface area contributed by atoms with Crippen LogP contribution in [0.4, 0.5) is 0 Å². The molecule has 7 heteroatoms. The van der Waals surface area contributed by atoms with E-state index in [2.05, 4.69) is 5.10 Å². The Balaban J connectivity index is 1.43. The first-order valence-corrected chi connectivity index (χ1v) is 10.1. The minimum absolute atomic E-state index is 0.0684. The Labute approximate surface area is 177 Å². The summed E-state index contributed by atoms with van der Waals surface area (Å²) >= 11 is 0. The SMILES string of the molecule is COc1cn(-c2ccccc2)nc1C(=O)OCc1cc(=O)oc2cc3c(cc12)CCC3. The van der Waals surface area contributed by atoms with Gasteiger partial charge in [0.15, 0.2) is 5.75 Å². The van der Waals surface area contributed by atoms with Gasteiger partial charge in [-0.2, -0.15) is 5.10 Å². The Bertz CT molecular complexity index is 1340. The van der Waals surface area contributed by atoms with Crippen molar-refractivity contribution in [1.82, 2.24) is 9.78 Å². The average molecular weight is 416 g/mol. The third-order valence-electron chi connectivity index (χ3n) is 5.52. The van der Waals surface area contributed by atoms with Crippen molar-refractivity contribution in [3.63, 3.8) is 0 Å². The van der Waals surface area contributed by atoms with Gasteiger partial charge in [-0.1, -0.05) is 18.2 Å². The Kier molecular flexibility index (Phi) is 4.78. The molecule has 0 bridgehead atoms. The van der Waals surface area contributed by atoms with Crippen LogP contribution in [-0.2, 0) is 24.2 Å². The molecular formula is C24H20N2O5. The van der Waals surface area contributed by atoms with Gasteiger partial charge in [-0.25, -0.2) is 14.3 Å². The highest BCUT2D eigenvalue weighted by molar-refractivity contribution is 5.90. The molecule has 0 atom stereocenters. The van der Waals surface area contributed by atoms with E-state index in [1.165, 1.54) is 24.3 Å². The lowest BCUT2D eigenvalue weighted by atomic mass is 10.0. The van der Waals surface area contributed by atoms with Crippen molar-refractivity contribution in [3.8, 4) is 11.4 Å². The molecule has 2 aromatic carbocycles. The minimum Gasteiger partial charge on any atom is -0.493 e. The Morgan fingerprint density at radius 2 is 1.90 bits per heavy atom. The molecule has 1 aliphatic rings. The van der Waals surface area contributed by atoms with Crippen LogP contribution < -0.4 is 10.4 Å². The van der Waals surface area contributed by atoms with E-state index in [1.54, 1.807) is 10.9 Å². The molecule has 0 unspecified atom stereocenters. The van der Waals surface area contributed by atoms with Crippen molar-refractivity contribution in [2.24, 2.45) is 0 Å². The van der Waals surface area contributed by atoms with E-state index in [-0.39, 0.29) is 12.3 Å². The molecule has 0 saturated heterocycles. The second kappa shape index (κ2) is 7.75. The molecule has 0 N–H and O–H groups in total. The smallest absolute Gasteiger partial charge is 0.363 e. The van der Waals surface area contributed by atoms with E-state index in [0.717, 1.165) is 30.3 Å². The molecule has 0 saturated carbocycles. The number of rotatable bonds is 5. The topological polar surface area (TPSA) is 83.6 Å². The predicted octanol–water partition coefficient (Wildman–Crippen LogP) is 3.83. The summed E-state index contributed by atoms with van der Waals surface area (Å²) in [5.74, 6) is -0.321. The van der Waals surface area contributed by atoms with E-state index in [0.29, 0.717) is 16.9 Å². The van der Waals surface area contributed by atoms with Crippen LogP contribution in [0.2, 0.25) is 0 Å². The quantitative estimate of drug-likeness (QED) is 0.363. The van der Waals surface area contributed by atoms with Crippen LogP contribution in [0.1, 0.15) is 33.6 Å². The average Bonchev–Trinajstić information content (AvgIpc) is 3.43. The van der Waals surface area contributed by atoms with Crippen LogP contribution in [0.15, 0.2) is 63.9 Å². The van der Waals surface area contributed by atoms with Crippen LogP contribution in [0.3, 0.4) is 0 Å². The number of benzene rings is 2. The first kappa shape index (κ1) is 19.1. The van der Waals surface area contributed by atoms with Gasteiger partial charge in [-0.15, -0.1) is 0 Å². The van der Waals surface area contributed by atoms with Gasteiger partial charge in [0.1, 0.15) is 12.2 Å². The minimum atomic E-state index is -0.630. The Morgan fingerprint density at radius 3 is 2.68 bits per heavy atom. The fourth-order valence-corrected chi connectivity index (χ4v) is 3.99. The lowest BCUT2D eigenvalue weighted by molar-refractivity contribution is 0.0462. The molecule has 5 rings (SSSR count). The molecule has 7 nitrogen and oxygen atoms in total. The van der Waals surface area contributed by atoms with Gasteiger partial charge < -0.3 is 13.9 Å². The summed E-state index contributed by atoms with van der Waals surface area (Å²) < 4.78 is 17.8. The van der Waals surface area contributed by atoms with Crippen molar-refractivity contribution >= 4 is 16.9 Å². The third kappa shape index (κ3) is 3.59. The van der Waals surface area contributed by atoms with Gasteiger partial charge in [-0.05, 0) is 54.7 Å². The number of hydrogen-bond acceptors (Lipinski definition) is 6. The summed E-state index contributed by atoms with van der Waals surface area (Å²) in [6.45, 7) is -0.0684. The van der Waals surface area contributed by atoms with Crippen molar-refractivity contribution in [2.45, 2.75) is 25.9 Å². The zero-order valence-electron chi connectivity index (χ0n) is 17.0. The molecule has 2 heterocycles. The van der Waals surface area contributed by atoms with E-state index in [9.17, 15) is 9.59 Å². The standard InChI is InChI=1S/C24H20N2O5/c1-29-21-13-26(18-8-3-2-4-9-18)25-23(21)24(28)30-14-17-12-22(27)31-20-11-16-7-5-6-15(16)10-19(17)20/h2-4,8-13H,5-7,14H2,1H3. The molecule has 0 fully saturated rings. The molecule has 0 radical (unpaired) electrons. The number of carbonyl (C=O) groups excluding carboxylic acids is 1. The van der Waals surface area contributed by atoms with Gasteiger partial charge in [0.2, 0.25) is 5.69 Å². The van der Waals surface area contributed by atoms with Crippen molar-refractivity contribution in [2.75, 3.05) is 7.11 Å². The first-order valence-electron chi connectivity index (χ1n) is 10.1. The number of carbonyl (C=O) groups is 1. The largest absolute Gasteiger partial charge is 0.493 e. The summed E-state index contributed by atoms with van der Waals surface area (Å²) in [7, 11) is 1.47. The number of aryl methyl sites for hydroxylation is 2. The van der Waals surface area contributed by atoms with Gasteiger partial charge in [0.05, 0.1) is 19.0 Å². The second-order valence-corrected chi connectivity index (χ2v) is 7.46. The van der Waals surface area contributed by atoms with Crippen molar-refractivity contribution in [1.29, 1.82) is 0 Å². The first-order chi connectivity index (χ1) is 15.1. The van der Waals surface area contributed by atoms with E-state index in [4.69, 9.17) is 13.9 Å². The molecule has 4 aromatic rings. The maximum Gasteiger partial charge on any atom is 0.363 e. The van der Waals surface area contributed by atoms with Crippen molar-refractivity contribution in [3.05, 3.63) is 87.5 Å². The molecule has 1 aliphatic carbocycles. The number of methoxy groups -OCH3 is 1. The number of ether oxygens (including phenoxy) is 2. The Morgan fingerprint density at radius 1 is 1.13 bits per heavy atom. The highest BCUT2D eigenvalue weighted by Gasteiger charge is 2.21. The molecule has 2 aromatic heterocycles. The summed E-state index contributed by atoms with van der Waals surface area (Å²) in [4.78, 5) is 24.8. The number of aromatic nitrogens is 2. The van der Waals surface area contributed by atoms with Gasteiger partial charge >= 0.3 is 11.6 Å². The lowest BCUT2D eigenvalue weighted by Crippen LogP contribution is -2.10. The zero-order chi connectivity index (χ0) is 21.4. The molecule has 0 aliphatic heterocycles. The number of nitrogens with zero attached hydrogens (tertiary/aromatic N) is 2. The van der Waals surface area contributed by atoms with E-state index >= 15 is 0 Å². The lowest BCUT2D eigenvalue weighted by Gasteiger charge is -2.09. The van der Waals surface area contributed by atoms with Gasteiger partial charge in [-0.3, -0.25) is 0 Å². The summed E-state index contributed by atoms with van der Waals surface area (Å²) in [5.41, 5.74) is 3.97. The molecule has 156 valence electrons.